The zero-order valence-electron chi connectivity index (χ0n) is 16.5. The first-order valence-electron chi connectivity index (χ1n) is 9.89. The normalized spacial score (nSPS) is 12.3. The van der Waals surface area contributed by atoms with Crippen LogP contribution in [-0.2, 0) is 16.0 Å². The highest BCUT2D eigenvalue weighted by Crippen LogP contribution is 2.37. The van der Waals surface area contributed by atoms with Gasteiger partial charge in [-0.3, -0.25) is 4.79 Å². The average molecular weight is 443 g/mol. The molecule has 0 bridgehead atoms. The van der Waals surface area contributed by atoms with Gasteiger partial charge >= 0.3 is 5.97 Å². The maximum absolute atomic E-state index is 12.8. The van der Waals surface area contributed by atoms with Crippen LogP contribution in [0.15, 0.2) is 77.5 Å². The third-order valence-corrected chi connectivity index (χ3v) is 7.01. The molecule has 2 aromatic heterocycles. The van der Waals surface area contributed by atoms with Crippen LogP contribution in [0.25, 0.3) is 22.8 Å². The monoisotopic (exact) mass is 442 g/mol. The van der Waals surface area contributed by atoms with Gasteiger partial charge in [-0.2, -0.15) is 0 Å². The van der Waals surface area contributed by atoms with Crippen LogP contribution in [-0.4, -0.2) is 18.4 Å². The van der Waals surface area contributed by atoms with E-state index in [4.69, 9.17) is 4.74 Å². The van der Waals surface area contributed by atoms with Crippen molar-refractivity contribution in [1.82, 2.24) is 0 Å². The molecule has 3 nitrogen and oxygen atoms in total. The summed E-state index contributed by atoms with van der Waals surface area (Å²) in [6.45, 7) is -0.285. The van der Waals surface area contributed by atoms with Crippen LogP contribution in [0.2, 0.25) is 0 Å². The van der Waals surface area contributed by atoms with Crippen LogP contribution in [0.4, 0.5) is 0 Å². The molecule has 2 heterocycles. The number of hydrogen-bond acceptors (Lipinski definition) is 5. The Morgan fingerprint density at radius 1 is 0.871 bits per heavy atom. The number of fused-ring (bicyclic) bond motifs is 3. The molecule has 4 aromatic rings. The number of carbonyl (C=O) groups excluding carboxylic acids is 2. The Bertz CT molecular complexity index is 1280. The summed E-state index contributed by atoms with van der Waals surface area (Å²) in [6, 6.07) is 21.6. The summed E-state index contributed by atoms with van der Waals surface area (Å²) in [4.78, 5) is 27.4. The maximum Gasteiger partial charge on any atom is 0.340 e. The van der Waals surface area contributed by atoms with Crippen LogP contribution >= 0.6 is 22.7 Å². The summed E-state index contributed by atoms with van der Waals surface area (Å²) in [5, 5.41) is 3.87. The number of hydrogen-bond donors (Lipinski definition) is 0. The fraction of sp³-hybridized carbons (Fsp3) is 0.0769. The van der Waals surface area contributed by atoms with Crippen LogP contribution in [0.5, 0.6) is 0 Å². The third-order valence-electron chi connectivity index (χ3n) is 5.29. The Morgan fingerprint density at radius 2 is 1.68 bits per heavy atom. The van der Waals surface area contributed by atoms with Crippen molar-refractivity contribution in [2.24, 2.45) is 0 Å². The highest BCUT2D eigenvalue weighted by molar-refractivity contribution is 7.12. The van der Waals surface area contributed by atoms with Gasteiger partial charge in [-0.15, -0.1) is 22.7 Å². The number of rotatable bonds is 6. The smallest absolute Gasteiger partial charge is 0.340 e. The van der Waals surface area contributed by atoms with E-state index in [0.29, 0.717) is 11.1 Å². The van der Waals surface area contributed by atoms with Crippen LogP contribution < -0.4 is 0 Å². The van der Waals surface area contributed by atoms with Gasteiger partial charge in [0.15, 0.2) is 12.4 Å². The van der Waals surface area contributed by atoms with Gasteiger partial charge in [-0.1, -0.05) is 48.5 Å². The Labute approximate surface area is 188 Å². The predicted octanol–water partition coefficient (Wildman–Crippen LogP) is 6.35. The first-order valence-corrected chi connectivity index (χ1v) is 11.7. The number of benzene rings is 2. The number of thiophene rings is 2. The van der Waals surface area contributed by atoms with E-state index in [0.717, 1.165) is 21.7 Å². The van der Waals surface area contributed by atoms with E-state index >= 15 is 0 Å². The molecule has 5 rings (SSSR count). The van der Waals surface area contributed by atoms with E-state index in [9.17, 15) is 9.59 Å². The number of ketones is 1. The summed E-state index contributed by atoms with van der Waals surface area (Å²) in [7, 11) is 0. The van der Waals surface area contributed by atoms with E-state index in [1.165, 1.54) is 28.0 Å². The fourth-order valence-corrected chi connectivity index (χ4v) is 5.15. The SMILES string of the molecule is O=C(OCC(=O)c1ccc2c(c1)-c1ccccc1C2)C(=Cc1cccs1)c1cccs1. The Kier molecular flexibility index (Phi) is 5.37. The second kappa shape index (κ2) is 8.46. The molecule has 1 aliphatic carbocycles. The van der Waals surface area contributed by atoms with Gasteiger partial charge in [0.25, 0.3) is 0 Å². The minimum absolute atomic E-state index is 0.206. The Morgan fingerprint density at radius 3 is 2.48 bits per heavy atom. The minimum atomic E-state index is -0.490. The fourth-order valence-electron chi connectivity index (χ4n) is 3.77. The number of carbonyl (C=O) groups is 2. The molecule has 2 aromatic carbocycles. The Hall–Kier alpha value is -3.28. The van der Waals surface area contributed by atoms with Crippen LogP contribution in [0.1, 0.15) is 31.2 Å². The highest BCUT2D eigenvalue weighted by Gasteiger charge is 2.21. The average Bonchev–Trinajstić information content (AvgIpc) is 3.56. The number of ether oxygens (including phenoxy) is 1. The van der Waals surface area contributed by atoms with Crippen molar-refractivity contribution in [3.05, 3.63) is 104 Å². The largest absolute Gasteiger partial charge is 0.454 e. The van der Waals surface area contributed by atoms with Gasteiger partial charge in [-0.25, -0.2) is 4.79 Å². The molecule has 152 valence electrons. The van der Waals surface area contributed by atoms with Gasteiger partial charge < -0.3 is 4.74 Å². The van der Waals surface area contributed by atoms with Crippen molar-refractivity contribution in [2.45, 2.75) is 6.42 Å². The van der Waals surface area contributed by atoms with Gasteiger partial charge in [0.05, 0.1) is 5.57 Å². The lowest BCUT2D eigenvalue weighted by molar-refractivity contribution is -0.135. The van der Waals surface area contributed by atoms with Crippen molar-refractivity contribution >= 4 is 46.1 Å². The second-order valence-electron chi connectivity index (χ2n) is 7.26. The first kappa shape index (κ1) is 19.7. The van der Waals surface area contributed by atoms with E-state index < -0.39 is 5.97 Å². The maximum atomic E-state index is 12.8. The number of Topliss-reactive ketones (excluding diaryl/α,β-unsaturated/α-hetero) is 1. The van der Waals surface area contributed by atoms with Crippen molar-refractivity contribution in [2.75, 3.05) is 6.61 Å². The van der Waals surface area contributed by atoms with Crippen molar-refractivity contribution < 1.29 is 14.3 Å². The predicted molar refractivity (Wildman–Crippen MR) is 126 cm³/mol. The van der Waals surface area contributed by atoms with E-state index in [2.05, 4.69) is 12.1 Å². The van der Waals surface area contributed by atoms with E-state index in [-0.39, 0.29) is 12.4 Å². The van der Waals surface area contributed by atoms with Crippen LogP contribution in [0.3, 0.4) is 0 Å². The van der Waals surface area contributed by atoms with Crippen molar-refractivity contribution in [3.63, 3.8) is 0 Å². The summed E-state index contributed by atoms with van der Waals surface area (Å²) < 4.78 is 5.44. The molecule has 0 amide bonds. The van der Waals surface area contributed by atoms with Crippen molar-refractivity contribution in [3.8, 4) is 11.1 Å². The van der Waals surface area contributed by atoms with Crippen LogP contribution in [0, 0.1) is 0 Å². The molecule has 0 aliphatic heterocycles. The molecule has 1 aliphatic rings. The van der Waals surface area contributed by atoms with E-state index in [1.807, 2.05) is 71.4 Å². The first-order chi connectivity index (χ1) is 15.2. The molecular formula is C26H18O3S2. The zero-order valence-corrected chi connectivity index (χ0v) is 18.2. The molecule has 31 heavy (non-hydrogen) atoms. The quantitative estimate of drug-likeness (QED) is 0.175. The molecule has 0 atom stereocenters. The molecular weight excluding hydrogens is 424 g/mol. The molecule has 0 N–H and O–H groups in total. The second-order valence-corrected chi connectivity index (χ2v) is 9.18. The van der Waals surface area contributed by atoms with Gasteiger partial charge in [0.2, 0.25) is 0 Å². The topological polar surface area (TPSA) is 43.4 Å². The molecule has 0 saturated carbocycles. The summed E-state index contributed by atoms with van der Waals surface area (Å²) in [5.41, 5.74) is 5.77. The molecule has 0 fully saturated rings. The lowest BCUT2D eigenvalue weighted by atomic mass is 10.0. The van der Waals surface area contributed by atoms with Gasteiger partial charge in [0, 0.05) is 15.3 Å². The van der Waals surface area contributed by atoms with Gasteiger partial charge in [0.1, 0.15) is 0 Å². The summed E-state index contributed by atoms with van der Waals surface area (Å²) in [5.74, 6) is -0.696. The van der Waals surface area contributed by atoms with E-state index in [1.54, 1.807) is 11.3 Å². The highest BCUT2D eigenvalue weighted by atomic mass is 32.1. The lowest BCUT2D eigenvalue weighted by Gasteiger charge is -2.08. The molecule has 0 radical (unpaired) electrons. The lowest BCUT2D eigenvalue weighted by Crippen LogP contribution is -2.15. The zero-order chi connectivity index (χ0) is 21.2. The third kappa shape index (κ3) is 4.02. The molecule has 0 saturated heterocycles. The molecule has 0 spiro atoms. The molecule has 5 heteroatoms. The minimum Gasteiger partial charge on any atom is -0.454 e. The standard InChI is InChI=1S/C26H18O3S2/c27-24(19-10-9-18-13-17-5-1-2-7-21(17)22(18)14-19)16-29-26(28)23(25-8-4-12-31-25)15-20-6-3-11-30-20/h1-12,14-15H,13,16H2. The Balaban J connectivity index is 1.33. The summed E-state index contributed by atoms with van der Waals surface area (Å²) >= 11 is 3.02. The van der Waals surface area contributed by atoms with Gasteiger partial charge in [-0.05, 0) is 63.7 Å². The van der Waals surface area contributed by atoms with Crippen molar-refractivity contribution in [1.29, 1.82) is 0 Å². The summed E-state index contributed by atoms with van der Waals surface area (Å²) in [6.07, 6.45) is 2.70. The number of esters is 1. The molecule has 0 unspecified atom stereocenters.